The molecule has 2 aliphatic heterocycles. The predicted molar refractivity (Wildman–Crippen MR) is 163 cm³/mol. The van der Waals surface area contributed by atoms with Crippen molar-refractivity contribution in [2.75, 3.05) is 42.5 Å². The lowest BCUT2D eigenvalue weighted by atomic mass is 9.71. The number of aryl methyl sites for hydroxylation is 1. The molecule has 3 aliphatic rings. The van der Waals surface area contributed by atoms with E-state index in [2.05, 4.69) is 31.9 Å². The van der Waals surface area contributed by atoms with Crippen molar-refractivity contribution in [1.29, 1.82) is 0 Å². The van der Waals surface area contributed by atoms with Crippen molar-refractivity contribution in [2.45, 2.75) is 75.2 Å². The van der Waals surface area contributed by atoms with Gasteiger partial charge < -0.3 is 9.80 Å². The molecule has 0 atom stereocenters. The summed E-state index contributed by atoms with van der Waals surface area (Å²) in [6.45, 7) is 5.11. The first kappa shape index (κ1) is 29.9. The smallest absolute Gasteiger partial charge is 0.270 e. The number of alkyl halides is 2. The Hall–Kier alpha value is -3.18. The second-order valence-corrected chi connectivity index (χ2v) is 14.3. The molecule has 11 heteroatoms. The monoisotopic (exact) mass is 610 g/mol. The Morgan fingerprint density at radius 1 is 0.953 bits per heavy atom. The lowest BCUT2D eigenvalue weighted by Crippen LogP contribution is -2.47. The number of hydrogen-bond acceptors (Lipinski definition) is 7. The SMILES string of the molecule is CC(F)(F)c1cccc(S(=O)(=O)N(CCCc2ccnc(N3CCC4(CCN(c5ccncc5)CC4)CC3)n2)C2CC2)c1. The largest absolute Gasteiger partial charge is 0.371 e. The van der Waals surface area contributed by atoms with E-state index < -0.39 is 15.9 Å². The molecule has 3 aromatic rings. The molecule has 0 unspecified atom stereocenters. The summed E-state index contributed by atoms with van der Waals surface area (Å²) in [6, 6.07) is 11.2. The topological polar surface area (TPSA) is 82.5 Å². The van der Waals surface area contributed by atoms with Crippen LogP contribution in [0.1, 0.15) is 63.1 Å². The molecule has 1 saturated carbocycles. The molecular weight excluding hydrogens is 570 g/mol. The van der Waals surface area contributed by atoms with E-state index in [0.29, 0.717) is 24.8 Å². The Morgan fingerprint density at radius 3 is 2.28 bits per heavy atom. The van der Waals surface area contributed by atoms with Crippen LogP contribution in [0.25, 0.3) is 0 Å². The fraction of sp³-hybridized carbons (Fsp3) is 0.531. The average molecular weight is 611 g/mol. The van der Waals surface area contributed by atoms with Crippen LogP contribution in [0.5, 0.6) is 0 Å². The lowest BCUT2D eigenvalue weighted by Gasteiger charge is -2.47. The summed E-state index contributed by atoms with van der Waals surface area (Å²) in [5.41, 5.74) is 2.22. The summed E-state index contributed by atoms with van der Waals surface area (Å²) >= 11 is 0. The van der Waals surface area contributed by atoms with Crippen molar-refractivity contribution in [3.63, 3.8) is 0 Å². The highest BCUT2D eigenvalue weighted by Gasteiger charge is 2.39. The Balaban J connectivity index is 1.03. The van der Waals surface area contributed by atoms with E-state index in [-0.39, 0.29) is 16.5 Å². The van der Waals surface area contributed by atoms with Crippen molar-refractivity contribution in [2.24, 2.45) is 5.41 Å². The number of benzene rings is 1. The van der Waals surface area contributed by atoms with Crippen LogP contribution in [-0.2, 0) is 22.4 Å². The second-order valence-electron chi connectivity index (χ2n) is 12.4. The minimum Gasteiger partial charge on any atom is -0.371 e. The van der Waals surface area contributed by atoms with E-state index in [1.54, 1.807) is 6.20 Å². The van der Waals surface area contributed by atoms with Crippen LogP contribution < -0.4 is 9.80 Å². The van der Waals surface area contributed by atoms with Gasteiger partial charge in [0.15, 0.2) is 0 Å². The van der Waals surface area contributed by atoms with Crippen LogP contribution in [0.15, 0.2) is 66.0 Å². The van der Waals surface area contributed by atoms with Gasteiger partial charge in [-0.05, 0) is 87.1 Å². The predicted octanol–water partition coefficient (Wildman–Crippen LogP) is 5.66. The van der Waals surface area contributed by atoms with E-state index in [1.807, 2.05) is 18.5 Å². The number of sulfonamides is 1. The molecule has 1 spiro atoms. The fourth-order valence-electron chi connectivity index (χ4n) is 6.49. The van der Waals surface area contributed by atoms with E-state index in [4.69, 9.17) is 4.98 Å². The maximum atomic E-state index is 13.9. The molecule has 2 aromatic heterocycles. The summed E-state index contributed by atoms with van der Waals surface area (Å²) in [7, 11) is -3.88. The fourth-order valence-corrected chi connectivity index (χ4v) is 8.26. The first-order valence-corrected chi connectivity index (χ1v) is 16.8. The average Bonchev–Trinajstić information content (AvgIpc) is 3.86. The number of hydrogen-bond donors (Lipinski definition) is 0. The zero-order chi connectivity index (χ0) is 30.1. The second kappa shape index (κ2) is 12.1. The van der Waals surface area contributed by atoms with Crippen LogP contribution in [0, 0.1) is 5.41 Å². The third kappa shape index (κ3) is 6.82. The first-order valence-electron chi connectivity index (χ1n) is 15.4. The summed E-state index contributed by atoms with van der Waals surface area (Å²) in [5, 5.41) is 0. The van der Waals surface area contributed by atoms with Crippen molar-refractivity contribution < 1.29 is 17.2 Å². The molecule has 1 aromatic carbocycles. The van der Waals surface area contributed by atoms with Crippen molar-refractivity contribution in [1.82, 2.24) is 19.3 Å². The van der Waals surface area contributed by atoms with Crippen LogP contribution in [0.2, 0.25) is 0 Å². The standard InChI is InChI=1S/C32H40F2N6O2S/c1-31(33,34)25-4-2-6-29(24-25)43(41,42)40(28-7-8-28)19-3-5-26-9-18-36-30(37-26)39-22-14-32(15-23-39)12-20-38(21-13-32)27-10-16-35-17-11-27/h2,4,6,9-11,16-18,24,28H,3,5,7-8,12-15,19-23H2,1H3. The number of anilines is 2. The summed E-state index contributed by atoms with van der Waals surface area (Å²) in [4.78, 5) is 18.2. The number of rotatable bonds is 10. The molecular formula is C32H40F2N6O2S. The van der Waals surface area contributed by atoms with Crippen molar-refractivity contribution in [3.8, 4) is 0 Å². The van der Waals surface area contributed by atoms with Gasteiger partial charge in [-0.25, -0.2) is 27.2 Å². The number of halogens is 2. The van der Waals surface area contributed by atoms with Crippen molar-refractivity contribution >= 4 is 21.7 Å². The zero-order valence-electron chi connectivity index (χ0n) is 24.7. The zero-order valence-corrected chi connectivity index (χ0v) is 25.5. The van der Waals surface area contributed by atoms with Crippen LogP contribution in [-0.4, -0.2) is 66.4 Å². The molecule has 6 rings (SSSR count). The van der Waals surface area contributed by atoms with Gasteiger partial charge in [-0.1, -0.05) is 12.1 Å². The highest BCUT2D eigenvalue weighted by molar-refractivity contribution is 7.89. The quantitative estimate of drug-likeness (QED) is 0.293. The molecule has 0 amide bonds. The van der Waals surface area contributed by atoms with Gasteiger partial charge in [0.25, 0.3) is 5.92 Å². The lowest BCUT2D eigenvalue weighted by molar-refractivity contribution is 0.0172. The Kier molecular flexibility index (Phi) is 8.39. The van der Waals surface area contributed by atoms with Crippen LogP contribution in [0.3, 0.4) is 0 Å². The molecule has 43 heavy (non-hydrogen) atoms. The molecule has 0 N–H and O–H groups in total. The summed E-state index contributed by atoms with van der Waals surface area (Å²) in [5.74, 6) is -2.36. The van der Waals surface area contributed by atoms with Gasteiger partial charge in [-0.3, -0.25) is 4.98 Å². The molecule has 0 radical (unpaired) electrons. The molecule has 1 aliphatic carbocycles. The van der Waals surface area contributed by atoms with Crippen molar-refractivity contribution in [3.05, 3.63) is 72.3 Å². The van der Waals surface area contributed by atoms with E-state index in [1.165, 1.54) is 41.0 Å². The maximum Gasteiger partial charge on any atom is 0.270 e. The molecule has 0 bridgehead atoms. The number of nitrogens with zero attached hydrogens (tertiary/aromatic N) is 6. The van der Waals surface area contributed by atoms with Gasteiger partial charge >= 0.3 is 0 Å². The maximum absolute atomic E-state index is 13.9. The Bertz CT molecular complexity index is 1500. The third-order valence-electron chi connectivity index (χ3n) is 9.37. The summed E-state index contributed by atoms with van der Waals surface area (Å²) < 4.78 is 56.2. The van der Waals surface area contributed by atoms with Gasteiger partial charge in [0.05, 0.1) is 4.90 Å². The Labute approximate surface area is 253 Å². The molecule has 230 valence electrons. The number of piperidine rings is 2. The van der Waals surface area contributed by atoms with Crippen LogP contribution >= 0.6 is 0 Å². The van der Waals surface area contributed by atoms with Gasteiger partial charge in [-0.15, -0.1) is 0 Å². The van der Waals surface area contributed by atoms with Gasteiger partial charge in [0.2, 0.25) is 16.0 Å². The molecule has 2 saturated heterocycles. The first-order chi connectivity index (χ1) is 20.6. The number of pyridine rings is 1. The highest BCUT2D eigenvalue weighted by atomic mass is 32.2. The van der Waals surface area contributed by atoms with E-state index in [0.717, 1.165) is 76.5 Å². The van der Waals surface area contributed by atoms with Gasteiger partial charge in [0, 0.05) is 81.2 Å². The van der Waals surface area contributed by atoms with Crippen LogP contribution in [0.4, 0.5) is 20.4 Å². The van der Waals surface area contributed by atoms with Gasteiger partial charge in [0.1, 0.15) is 0 Å². The highest BCUT2D eigenvalue weighted by Crippen LogP contribution is 2.42. The third-order valence-corrected chi connectivity index (χ3v) is 11.3. The Morgan fingerprint density at radius 2 is 1.63 bits per heavy atom. The molecule has 3 fully saturated rings. The molecule has 8 nitrogen and oxygen atoms in total. The molecule has 4 heterocycles. The normalized spacial score (nSPS) is 19.3. The number of aromatic nitrogens is 3. The minimum absolute atomic E-state index is 0.0750. The van der Waals surface area contributed by atoms with E-state index in [9.17, 15) is 17.2 Å². The minimum atomic E-state index is -3.88. The summed E-state index contributed by atoms with van der Waals surface area (Å²) in [6.07, 6.45) is 12.9. The van der Waals surface area contributed by atoms with Gasteiger partial charge in [-0.2, -0.15) is 4.31 Å². The van der Waals surface area contributed by atoms with E-state index >= 15 is 0 Å².